The Hall–Kier alpha value is -1.86. The summed E-state index contributed by atoms with van der Waals surface area (Å²) in [5.41, 5.74) is 3.46. The Labute approximate surface area is 152 Å². The zero-order chi connectivity index (χ0) is 15.8. The zero-order valence-corrected chi connectivity index (χ0v) is 15.8. The van der Waals surface area contributed by atoms with Crippen LogP contribution in [0.3, 0.4) is 0 Å². The summed E-state index contributed by atoms with van der Waals surface area (Å²) in [6.07, 6.45) is 3.54. The number of pyridine rings is 3. The number of hydrogen-bond acceptors (Lipinski definition) is 3. The first-order valence-corrected chi connectivity index (χ1v) is 7.23. The van der Waals surface area contributed by atoms with Crippen LogP contribution in [-0.2, 0) is 21.1 Å². The summed E-state index contributed by atoms with van der Waals surface area (Å²) in [5.74, 6) is 1.42. The van der Waals surface area contributed by atoms with Gasteiger partial charge in [-0.3, -0.25) is 9.97 Å². The molecule has 0 atom stereocenters. The van der Waals surface area contributed by atoms with Crippen molar-refractivity contribution in [3.63, 3.8) is 0 Å². The minimum atomic E-state index is 0. The molecule has 0 aliphatic rings. The molecule has 3 aromatic rings. The van der Waals surface area contributed by atoms with Gasteiger partial charge in [0.25, 0.3) is 0 Å². The van der Waals surface area contributed by atoms with Crippen molar-refractivity contribution in [2.45, 2.75) is 20.8 Å². The van der Waals surface area contributed by atoms with E-state index in [0.29, 0.717) is 0 Å². The molecule has 23 heavy (non-hydrogen) atoms. The smallest absolute Gasteiger partial charge is 0.0894 e. The average Bonchev–Trinajstić information content (AvgIpc) is 2.56. The quantitative estimate of drug-likeness (QED) is 0.489. The fourth-order valence-corrected chi connectivity index (χ4v) is 1.75. The molecule has 0 saturated carbocycles. The van der Waals surface area contributed by atoms with Gasteiger partial charge >= 0.3 is 0 Å². The summed E-state index contributed by atoms with van der Waals surface area (Å²) in [6.45, 7) is 6.25. The zero-order valence-electron chi connectivity index (χ0n) is 13.5. The third-order valence-electron chi connectivity index (χ3n) is 2.60. The maximum Gasteiger partial charge on any atom is 0.0894 e. The Morgan fingerprint density at radius 1 is 0.609 bits per heavy atom. The van der Waals surface area contributed by atoms with Gasteiger partial charge in [0.15, 0.2) is 0 Å². The first-order chi connectivity index (χ1) is 10.7. The van der Waals surface area contributed by atoms with E-state index in [-0.39, 0.29) is 21.1 Å². The maximum atomic E-state index is 4.59. The summed E-state index contributed by atoms with van der Waals surface area (Å²) < 4.78 is 0. The number of nitrogens with zero attached hydrogens (tertiary/aromatic N) is 3. The van der Waals surface area contributed by atoms with E-state index in [1.54, 1.807) is 12.4 Å². The largest absolute Gasteiger partial charge is 0.323 e. The van der Waals surface area contributed by atoms with Crippen molar-refractivity contribution in [3.05, 3.63) is 72.9 Å². The molecule has 4 heteroatoms. The van der Waals surface area contributed by atoms with Crippen molar-refractivity contribution in [2.75, 3.05) is 0 Å². The van der Waals surface area contributed by atoms with Crippen molar-refractivity contribution < 1.29 is 21.1 Å². The predicted octanol–water partition coefficient (Wildman–Crippen LogP) is 4.82. The van der Waals surface area contributed by atoms with E-state index in [1.165, 1.54) is 5.92 Å². The summed E-state index contributed by atoms with van der Waals surface area (Å²) in [7, 11) is 0. The molecule has 3 heterocycles. The molecule has 3 nitrogen and oxygen atoms in total. The van der Waals surface area contributed by atoms with E-state index < -0.39 is 0 Å². The van der Waals surface area contributed by atoms with Crippen LogP contribution in [0.25, 0.3) is 22.8 Å². The number of aromatic nitrogens is 3. The number of hydrogen-bond donors (Lipinski definition) is 0. The Morgan fingerprint density at radius 3 is 1.35 bits per heavy atom. The van der Waals surface area contributed by atoms with Gasteiger partial charge in [0.05, 0.1) is 22.8 Å². The molecule has 0 spiro atoms. The van der Waals surface area contributed by atoms with Crippen molar-refractivity contribution in [2.24, 2.45) is 0 Å². The van der Waals surface area contributed by atoms with E-state index >= 15 is 0 Å². The minimum absolute atomic E-state index is 0. The number of rotatable bonds is 2. The van der Waals surface area contributed by atoms with Gasteiger partial charge in [-0.05, 0) is 36.4 Å². The molecule has 0 fully saturated rings. The van der Waals surface area contributed by atoms with Crippen LogP contribution < -0.4 is 0 Å². The van der Waals surface area contributed by atoms with Gasteiger partial charge in [-0.15, -0.1) is 0 Å². The molecule has 0 aliphatic carbocycles. The Bertz CT molecular complexity index is 628. The topological polar surface area (TPSA) is 38.7 Å². The summed E-state index contributed by atoms with van der Waals surface area (Å²) >= 11 is 0. The monoisotopic (exact) mass is 485 g/mol. The van der Waals surface area contributed by atoms with Crippen LogP contribution in [0.4, 0.5) is 0 Å². The second kappa shape index (κ2) is 10.0. The van der Waals surface area contributed by atoms with E-state index in [2.05, 4.69) is 35.7 Å². The normalized spacial score (nSPS) is 9.57. The van der Waals surface area contributed by atoms with Crippen molar-refractivity contribution in [1.82, 2.24) is 15.0 Å². The van der Waals surface area contributed by atoms with Crippen LogP contribution in [0, 0.1) is 5.92 Å². The van der Waals surface area contributed by atoms with Crippen LogP contribution in [0.15, 0.2) is 67.0 Å². The van der Waals surface area contributed by atoms with E-state index in [9.17, 15) is 0 Å². The molecule has 0 N–H and O–H groups in total. The Morgan fingerprint density at radius 2 is 1.00 bits per heavy atom. The van der Waals surface area contributed by atoms with Gasteiger partial charge in [0.1, 0.15) is 0 Å². The van der Waals surface area contributed by atoms with Crippen molar-refractivity contribution in [3.8, 4) is 22.8 Å². The molecular formula is C19H20N3Pt-. The van der Waals surface area contributed by atoms with E-state index in [4.69, 9.17) is 0 Å². The second-order valence-corrected chi connectivity index (χ2v) is 5.34. The second-order valence-electron chi connectivity index (χ2n) is 5.34. The molecular weight excluding hydrogens is 465 g/mol. The molecule has 122 valence electrons. The van der Waals surface area contributed by atoms with Gasteiger partial charge in [0.2, 0.25) is 0 Å². The fourth-order valence-electron chi connectivity index (χ4n) is 1.75. The molecule has 0 aliphatic heterocycles. The third kappa shape index (κ3) is 6.41. The fraction of sp³-hybridized carbons (Fsp3) is 0.158. The Kier molecular flexibility index (Phi) is 8.35. The first-order valence-electron chi connectivity index (χ1n) is 7.23. The van der Waals surface area contributed by atoms with Crippen molar-refractivity contribution >= 4 is 0 Å². The van der Waals surface area contributed by atoms with Crippen LogP contribution in [0.5, 0.6) is 0 Å². The van der Waals surface area contributed by atoms with Gasteiger partial charge < -0.3 is 5.92 Å². The van der Waals surface area contributed by atoms with Crippen molar-refractivity contribution in [1.29, 1.82) is 0 Å². The van der Waals surface area contributed by atoms with Gasteiger partial charge in [-0.1, -0.05) is 18.2 Å². The summed E-state index contributed by atoms with van der Waals surface area (Å²) in [4.78, 5) is 13.2. The van der Waals surface area contributed by atoms with Gasteiger partial charge in [-0.2, -0.15) is 20.8 Å². The molecule has 0 bridgehead atoms. The average molecular weight is 485 g/mol. The molecule has 0 radical (unpaired) electrons. The summed E-state index contributed by atoms with van der Waals surface area (Å²) in [5, 5.41) is 0. The first kappa shape index (κ1) is 19.2. The summed E-state index contributed by atoms with van der Waals surface area (Å²) in [6, 6.07) is 17.5. The van der Waals surface area contributed by atoms with Crippen LogP contribution >= 0.6 is 0 Å². The standard InChI is InChI=1S/C15H11N3.C4H9.Pt/c1-3-10-16-12(6-1)14-8-5-9-15(18-14)13-7-2-4-11-17-13;1-4(2)3;/h1-11H;1-3H3;/q;-1;. The Balaban J connectivity index is 0.000000478. The molecule has 0 unspecified atom stereocenters. The molecule has 0 saturated heterocycles. The molecule has 3 aromatic heterocycles. The van der Waals surface area contributed by atoms with Crippen LogP contribution in [0.2, 0.25) is 0 Å². The van der Waals surface area contributed by atoms with E-state index in [1.807, 2.05) is 54.6 Å². The van der Waals surface area contributed by atoms with Gasteiger partial charge in [-0.25, -0.2) is 4.98 Å². The minimum Gasteiger partial charge on any atom is -0.323 e. The molecule has 0 amide bonds. The maximum absolute atomic E-state index is 4.59. The molecule has 0 aromatic carbocycles. The van der Waals surface area contributed by atoms with Crippen LogP contribution in [0.1, 0.15) is 20.8 Å². The van der Waals surface area contributed by atoms with Crippen LogP contribution in [-0.4, -0.2) is 15.0 Å². The SMILES string of the molecule is C[C-](C)C.[Pt].c1ccc(-c2cccc(-c3ccccn3)n2)nc1. The molecule has 3 rings (SSSR count). The van der Waals surface area contributed by atoms with Gasteiger partial charge in [0, 0.05) is 33.5 Å². The van der Waals surface area contributed by atoms with E-state index in [0.717, 1.165) is 22.8 Å². The third-order valence-corrected chi connectivity index (χ3v) is 2.60. The predicted molar refractivity (Wildman–Crippen MR) is 91.0 cm³/mol.